The third-order valence-electron chi connectivity index (χ3n) is 4.41. The fourth-order valence-electron chi connectivity index (χ4n) is 2.76. The molecule has 1 aromatic heterocycles. The van der Waals surface area contributed by atoms with Crippen LogP contribution in [0, 0.1) is 0 Å². The molecule has 26 heavy (non-hydrogen) atoms. The number of carbonyl (C=O) groups is 1. The van der Waals surface area contributed by atoms with Gasteiger partial charge in [-0.25, -0.2) is 4.79 Å². The van der Waals surface area contributed by atoms with E-state index < -0.39 is 11.5 Å². The second-order valence-corrected chi connectivity index (χ2v) is 6.74. The molecule has 1 aromatic carbocycles. The van der Waals surface area contributed by atoms with Gasteiger partial charge in [-0.1, -0.05) is 38.7 Å². The van der Waals surface area contributed by atoms with Crippen molar-refractivity contribution in [2.24, 2.45) is 5.73 Å². The summed E-state index contributed by atoms with van der Waals surface area (Å²) in [6, 6.07) is 9.45. The summed E-state index contributed by atoms with van der Waals surface area (Å²) >= 11 is 0. The van der Waals surface area contributed by atoms with E-state index in [0.29, 0.717) is 12.3 Å². The molecule has 2 aromatic rings. The summed E-state index contributed by atoms with van der Waals surface area (Å²) < 4.78 is 10.9. The van der Waals surface area contributed by atoms with Crippen molar-refractivity contribution in [3.05, 3.63) is 36.0 Å². The molecule has 0 fully saturated rings. The summed E-state index contributed by atoms with van der Waals surface area (Å²) in [5.41, 5.74) is 6.15. The van der Waals surface area contributed by atoms with E-state index >= 15 is 0 Å². The van der Waals surface area contributed by atoms with Crippen molar-refractivity contribution < 1.29 is 14.3 Å². The Balaban J connectivity index is 2.04. The van der Waals surface area contributed by atoms with Crippen LogP contribution in [0.4, 0.5) is 0 Å². The van der Waals surface area contributed by atoms with Crippen LogP contribution in [-0.2, 0) is 15.1 Å². The molecule has 5 heteroatoms. The molecule has 0 radical (unpaired) electrons. The number of nitrogens with two attached hydrogens (primary N) is 1. The number of nitrogens with zero attached hydrogens (tertiary/aromatic N) is 1. The molecule has 0 aliphatic rings. The van der Waals surface area contributed by atoms with Crippen LogP contribution in [0.5, 0.6) is 5.75 Å². The number of hydrogen-bond donors (Lipinski definition) is 1. The van der Waals surface area contributed by atoms with Gasteiger partial charge in [0, 0.05) is 5.39 Å². The van der Waals surface area contributed by atoms with Gasteiger partial charge >= 0.3 is 5.97 Å². The highest BCUT2D eigenvalue weighted by molar-refractivity contribution is 5.84. The van der Waals surface area contributed by atoms with Gasteiger partial charge in [-0.2, -0.15) is 0 Å². The lowest BCUT2D eigenvalue weighted by Gasteiger charge is -2.22. The lowest BCUT2D eigenvalue weighted by molar-refractivity contribution is -0.149. The first-order valence-electron chi connectivity index (χ1n) is 9.49. The summed E-state index contributed by atoms with van der Waals surface area (Å²) in [5, 5.41) is 0.955. The van der Waals surface area contributed by atoms with Crippen molar-refractivity contribution in [2.45, 2.75) is 58.4 Å². The third-order valence-corrected chi connectivity index (χ3v) is 4.41. The summed E-state index contributed by atoms with van der Waals surface area (Å²) in [4.78, 5) is 16.6. The summed E-state index contributed by atoms with van der Waals surface area (Å²) in [6.07, 6.45) is 6.08. The fraction of sp³-hybridized carbons (Fsp3) is 0.524. The van der Waals surface area contributed by atoms with E-state index in [4.69, 9.17) is 15.2 Å². The number of ether oxygens (including phenoxy) is 2. The highest BCUT2D eigenvalue weighted by Crippen LogP contribution is 2.24. The Morgan fingerprint density at radius 1 is 1.12 bits per heavy atom. The van der Waals surface area contributed by atoms with Crippen molar-refractivity contribution in [3.8, 4) is 5.75 Å². The number of carbonyl (C=O) groups excluding carboxylic acids is 1. The lowest BCUT2D eigenvalue weighted by Crippen LogP contribution is -2.43. The predicted molar refractivity (Wildman–Crippen MR) is 104 cm³/mol. The zero-order valence-corrected chi connectivity index (χ0v) is 16.1. The molecule has 0 saturated heterocycles. The zero-order chi connectivity index (χ0) is 19.0. The Morgan fingerprint density at radius 2 is 1.88 bits per heavy atom. The maximum Gasteiger partial charge on any atom is 0.332 e. The Labute approximate surface area is 155 Å². The predicted octanol–water partition coefficient (Wildman–Crippen LogP) is 4.32. The van der Waals surface area contributed by atoms with Gasteiger partial charge in [-0.15, -0.1) is 0 Å². The second-order valence-electron chi connectivity index (χ2n) is 6.74. The maximum absolute atomic E-state index is 12.1. The van der Waals surface area contributed by atoms with E-state index in [1.807, 2.05) is 24.3 Å². The van der Waals surface area contributed by atoms with E-state index in [0.717, 1.165) is 29.7 Å². The molecule has 0 saturated carbocycles. The number of benzene rings is 1. The number of esters is 1. The smallest absolute Gasteiger partial charge is 0.332 e. The molecule has 0 bridgehead atoms. The van der Waals surface area contributed by atoms with Crippen LogP contribution in [0.25, 0.3) is 10.9 Å². The summed E-state index contributed by atoms with van der Waals surface area (Å²) in [5.74, 6) is 0.360. The zero-order valence-electron chi connectivity index (χ0n) is 16.1. The molecule has 0 aliphatic carbocycles. The van der Waals surface area contributed by atoms with Crippen LogP contribution in [0.3, 0.4) is 0 Å². The van der Waals surface area contributed by atoms with E-state index in [1.54, 1.807) is 19.9 Å². The van der Waals surface area contributed by atoms with E-state index in [2.05, 4.69) is 11.9 Å². The van der Waals surface area contributed by atoms with Gasteiger partial charge in [0.15, 0.2) is 5.54 Å². The molecule has 1 heterocycles. The number of pyridine rings is 1. The van der Waals surface area contributed by atoms with Gasteiger partial charge in [0.05, 0.1) is 24.4 Å². The normalized spacial score (nSPS) is 13.4. The Morgan fingerprint density at radius 3 is 2.62 bits per heavy atom. The van der Waals surface area contributed by atoms with E-state index in [-0.39, 0.29) is 0 Å². The molecule has 0 unspecified atom stereocenters. The van der Waals surface area contributed by atoms with Crippen LogP contribution >= 0.6 is 0 Å². The minimum absolute atomic E-state index is 0.290. The van der Waals surface area contributed by atoms with Gasteiger partial charge in [-0.3, -0.25) is 4.98 Å². The SMILES string of the molecule is CCCCCCCOc1ccc2nc([C@@](C)(N)C(=O)OCC)ccc2c1. The largest absolute Gasteiger partial charge is 0.494 e. The van der Waals surface area contributed by atoms with Gasteiger partial charge < -0.3 is 15.2 Å². The molecule has 5 nitrogen and oxygen atoms in total. The maximum atomic E-state index is 12.1. The van der Waals surface area contributed by atoms with Crippen LogP contribution in [0.2, 0.25) is 0 Å². The number of hydrogen-bond acceptors (Lipinski definition) is 5. The number of rotatable bonds is 10. The van der Waals surface area contributed by atoms with E-state index in [9.17, 15) is 4.79 Å². The number of unbranched alkanes of at least 4 members (excludes halogenated alkanes) is 4. The fourth-order valence-corrected chi connectivity index (χ4v) is 2.76. The molecule has 2 rings (SSSR count). The van der Waals surface area contributed by atoms with Crippen LogP contribution in [-0.4, -0.2) is 24.2 Å². The van der Waals surface area contributed by atoms with Gasteiger partial charge in [0.2, 0.25) is 0 Å². The third kappa shape index (κ3) is 5.18. The average Bonchev–Trinajstić information content (AvgIpc) is 2.64. The van der Waals surface area contributed by atoms with Crippen molar-refractivity contribution in [3.63, 3.8) is 0 Å². The van der Waals surface area contributed by atoms with Crippen molar-refractivity contribution in [1.82, 2.24) is 4.98 Å². The molecule has 0 amide bonds. The standard InChI is InChI=1S/C21H30N2O3/c1-4-6-7-8-9-14-26-17-11-12-18-16(15-17)10-13-19(23-18)21(3,22)20(24)25-5-2/h10-13,15H,4-9,14,22H2,1-3H3/t21-/m1/s1. The molecule has 1 atom stereocenters. The minimum Gasteiger partial charge on any atom is -0.494 e. The Bertz CT molecular complexity index is 728. The quantitative estimate of drug-likeness (QED) is 0.506. The van der Waals surface area contributed by atoms with Gasteiger partial charge in [0.25, 0.3) is 0 Å². The topological polar surface area (TPSA) is 74.4 Å². The lowest BCUT2D eigenvalue weighted by atomic mass is 9.98. The Hall–Kier alpha value is -2.14. The molecular weight excluding hydrogens is 328 g/mol. The van der Waals surface area contributed by atoms with Crippen LogP contribution < -0.4 is 10.5 Å². The molecule has 2 N–H and O–H groups in total. The van der Waals surface area contributed by atoms with Crippen LogP contribution in [0.15, 0.2) is 30.3 Å². The molecule has 0 aliphatic heterocycles. The van der Waals surface area contributed by atoms with Crippen molar-refractivity contribution in [2.75, 3.05) is 13.2 Å². The first-order chi connectivity index (χ1) is 12.5. The van der Waals surface area contributed by atoms with Crippen LogP contribution in [0.1, 0.15) is 58.6 Å². The van der Waals surface area contributed by atoms with Gasteiger partial charge in [-0.05, 0) is 44.5 Å². The van der Waals surface area contributed by atoms with E-state index in [1.165, 1.54) is 25.7 Å². The highest BCUT2D eigenvalue weighted by atomic mass is 16.5. The average molecular weight is 358 g/mol. The van der Waals surface area contributed by atoms with Crippen molar-refractivity contribution in [1.29, 1.82) is 0 Å². The van der Waals surface area contributed by atoms with Crippen molar-refractivity contribution >= 4 is 16.9 Å². The monoisotopic (exact) mass is 358 g/mol. The second kappa shape index (κ2) is 9.53. The first-order valence-corrected chi connectivity index (χ1v) is 9.49. The molecule has 142 valence electrons. The minimum atomic E-state index is -1.27. The van der Waals surface area contributed by atoms with Gasteiger partial charge in [0.1, 0.15) is 5.75 Å². The molecular formula is C21H30N2O3. The number of aromatic nitrogens is 1. The summed E-state index contributed by atoms with van der Waals surface area (Å²) in [7, 11) is 0. The Kier molecular flexibility index (Phi) is 7.39. The number of fused-ring (bicyclic) bond motifs is 1. The summed E-state index contributed by atoms with van der Waals surface area (Å²) in [6.45, 7) is 6.61. The first kappa shape index (κ1) is 20.2. The molecule has 0 spiro atoms. The highest BCUT2D eigenvalue weighted by Gasteiger charge is 2.33.